The van der Waals surface area contributed by atoms with Gasteiger partial charge in [0, 0.05) is 11.4 Å². The number of methoxy groups -OCH3 is 2. The topological polar surface area (TPSA) is 59.1 Å². The van der Waals surface area contributed by atoms with Crippen LogP contribution in [0.2, 0.25) is 0 Å². The van der Waals surface area contributed by atoms with Crippen molar-refractivity contribution in [3.63, 3.8) is 0 Å². The summed E-state index contributed by atoms with van der Waals surface area (Å²) in [6, 6.07) is 21.2. The van der Waals surface area contributed by atoms with E-state index in [0.29, 0.717) is 22.7 Å². The molecule has 6 heteroatoms. The van der Waals surface area contributed by atoms with Crippen LogP contribution in [0.4, 0.5) is 11.4 Å². The number of rotatable bonds is 5. The van der Waals surface area contributed by atoms with Gasteiger partial charge >= 0.3 is 0 Å². The molecule has 0 unspecified atom stereocenters. The van der Waals surface area contributed by atoms with Gasteiger partial charge in [0.1, 0.15) is 24.1 Å². The molecule has 0 N–H and O–H groups in total. The number of piperazine rings is 1. The number of amides is 2. The van der Waals surface area contributed by atoms with E-state index in [9.17, 15) is 9.59 Å². The number of hydrogen-bond acceptors (Lipinski definition) is 4. The van der Waals surface area contributed by atoms with Gasteiger partial charge in [-0.3, -0.25) is 14.5 Å². The van der Waals surface area contributed by atoms with E-state index < -0.39 is 6.04 Å². The van der Waals surface area contributed by atoms with Crippen molar-refractivity contribution in [1.29, 1.82) is 0 Å². The molecule has 1 aliphatic heterocycles. The summed E-state index contributed by atoms with van der Waals surface area (Å²) < 4.78 is 10.5. The highest BCUT2D eigenvalue weighted by atomic mass is 16.5. The minimum atomic E-state index is -0.792. The van der Waals surface area contributed by atoms with E-state index in [4.69, 9.17) is 9.47 Å². The highest BCUT2D eigenvalue weighted by molar-refractivity contribution is 6.14. The number of aryl methyl sites for hydroxylation is 1. The number of nitrogens with zero attached hydrogens (tertiary/aromatic N) is 2. The van der Waals surface area contributed by atoms with Gasteiger partial charge in [-0.15, -0.1) is 0 Å². The first-order valence-electron chi connectivity index (χ1n) is 10.0. The Morgan fingerprint density at radius 2 is 1.39 bits per heavy atom. The molecule has 0 saturated carbocycles. The van der Waals surface area contributed by atoms with Crippen LogP contribution in [-0.2, 0) is 9.59 Å². The predicted octanol–water partition coefficient (Wildman–Crippen LogP) is 4.13. The molecule has 3 aromatic rings. The molecule has 1 atom stereocenters. The van der Waals surface area contributed by atoms with E-state index in [-0.39, 0.29) is 18.4 Å². The molecule has 2 amide bonds. The van der Waals surface area contributed by atoms with Crippen LogP contribution >= 0.6 is 0 Å². The van der Waals surface area contributed by atoms with Crippen LogP contribution in [-0.4, -0.2) is 32.6 Å². The van der Waals surface area contributed by atoms with Crippen molar-refractivity contribution in [2.45, 2.75) is 13.0 Å². The van der Waals surface area contributed by atoms with Crippen LogP contribution in [0.15, 0.2) is 72.8 Å². The van der Waals surface area contributed by atoms with Crippen molar-refractivity contribution in [2.75, 3.05) is 30.6 Å². The van der Waals surface area contributed by atoms with Gasteiger partial charge in [0.15, 0.2) is 0 Å². The number of anilines is 2. The summed E-state index contributed by atoms with van der Waals surface area (Å²) in [7, 11) is 3.18. The van der Waals surface area contributed by atoms with Crippen LogP contribution < -0.4 is 19.3 Å². The van der Waals surface area contributed by atoms with Crippen LogP contribution in [0.3, 0.4) is 0 Å². The van der Waals surface area contributed by atoms with E-state index >= 15 is 0 Å². The largest absolute Gasteiger partial charge is 0.497 e. The lowest BCUT2D eigenvalue weighted by molar-refractivity contribution is -0.128. The van der Waals surface area contributed by atoms with Gasteiger partial charge in [0.2, 0.25) is 5.91 Å². The first kappa shape index (κ1) is 20.5. The van der Waals surface area contributed by atoms with E-state index in [1.54, 1.807) is 60.4 Å². The Balaban J connectivity index is 1.80. The summed E-state index contributed by atoms with van der Waals surface area (Å²) in [5, 5.41) is 0. The Hall–Kier alpha value is -3.80. The van der Waals surface area contributed by atoms with E-state index in [1.807, 2.05) is 43.3 Å². The van der Waals surface area contributed by atoms with E-state index in [0.717, 1.165) is 11.3 Å². The summed E-state index contributed by atoms with van der Waals surface area (Å²) in [5.41, 5.74) is 3.04. The Bertz CT molecular complexity index is 1090. The quantitative estimate of drug-likeness (QED) is 0.627. The third kappa shape index (κ3) is 3.84. The summed E-state index contributed by atoms with van der Waals surface area (Å²) in [6.07, 6.45) is 0. The van der Waals surface area contributed by atoms with Crippen LogP contribution in [0.25, 0.3) is 0 Å². The Morgan fingerprint density at radius 1 is 0.806 bits per heavy atom. The van der Waals surface area contributed by atoms with Gasteiger partial charge in [-0.1, -0.05) is 30.3 Å². The highest BCUT2D eigenvalue weighted by Gasteiger charge is 2.42. The maximum absolute atomic E-state index is 13.8. The molecule has 1 fully saturated rings. The van der Waals surface area contributed by atoms with Gasteiger partial charge in [-0.25, -0.2) is 0 Å². The molecule has 4 rings (SSSR count). The summed E-state index contributed by atoms with van der Waals surface area (Å²) in [6.45, 7) is 1.91. The second-order valence-electron chi connectivity index (χ2n) is 7.35. The average molecular weight is 416 g/mol. The number of para-hydroxylation sites is 1. The maximum atomic E-state index is 13.8. The molecule has 31 heavy (non-hydrogen) atoms. The molecule has 158 valence electrons. The monoisotopic (exact) mass is 416 g/mol. The van der Waals surface area contributed by atoms with Crippen molar-refractivity contribution in [1.82, 2.24) is 0 Å². The smallest absolute Gasteiger partial charge is 0.255 e. The molecule has 1 saturated heterocycles. The van der Waals surface area contributed by atoms with Crippen LogP contribution in [0, 0.1) is 6.92 Å². The molecule has 6 nitrogen and oxygen atoms in total. The number of ether oxygens (including phenoxy) is 2. The second kappa shape index (κ2) is 8.52. The zero-order chi connectivity index (χ0) is 22.0. The first-order chi connectivity index (χ1) is 15.0. The fourth-order valence-electron chi connectivity index (χ4n) is 3.88. The van der Waals surface area contributed by atoms with E-state index in [1.165, 1.54) is 0 Å². The summed E-state index contributed by atoms with van der Waals surface area (Å²) >= 11 is 0. The fourth-order valence-corrected chi connectivity index (χ4v) is 3.88. The number of carbonyl (C=O) groups excluding carboxylic acids is 2. The molecule has 0 aliphatic carbocycles. The Morgan fingerprint density at radius 3 is 1.97 bits per heavy atom. The summed E-state index contributed by atoms with van der Waals surface area (Å²) in [4.78, 5) is 30.3. The molecule has 0 radical (unpaired) electrons. The third-order valence-electron chi connectivity index (χ3n) is 5.51. The predicted molar refractivity (Wildman–Crippen MR) is 120 cm³/mol. The lowest BCUT2D eigenvalue weighted by Crippen LogP contribution is -2.56. The Kier molecular flexibility index (Phi) is 5.62. The molecule has 3 aromatic carbocycles. The second-order valence-corrected chi connectivity index (χ2v) is 7.35. The fraction of sp³-hybridized carbons (Fsp3) is 0.200. The van der Waals surface area contributed by atoms with Crippen LogP contribution in [0.1, 0.15) is 17.2 Å². The standard InChI is InChI=1S/C25H24N2O4/c1-17-6-4-5-7-22(17)26-16-23(28)27(19-10-14-21(31-3)15-11-19)24(25(26)29)18-8-12-20(30-2)13-9-18/h4-15,24H,16H2,1-3H3/t24-/m0/s1. The van der Waals surface area contributed by atoms with Crippen LogP contribution in [0.5, 0.6) is 11.5 Å². The molecular weight excluding hydrogens is 392 g/mol. The van der Waals surface area contributed by atoms with Crippen molar-refractivity contribution < 1.29 is 19.1 Å². The maximum Gasteiger partial charge on any atom is 0.255 e. The number of benzene rings is 3. The Labute approximate surface area is 181 Å². The average Bonchev–Trinajstić information content (AvgIpc) is 2.81. The van der Waals surface area contributed by atoms with Gasteiger partial charge in [0.25, 0.3) is 5.91 Å². The molecular formula is C25H24N2O4. The van der Waals surface area contributed by atoms with Crippen molar-refractivity contribution in [3.8, 4) is 11.5 Å². The number of hydrogen-bond donors (Lipinski definition) is 0. The van der Waals surface area contributed by atoms with Gasteiger partial charge < -0.3 is 14.4 Å². The lowest BCUT2D eigenvalue weighted by atomic mass is 9.98. The van der Waals surface area contributed by atoms with Gasteiger partial charge in [0.05, 0.1) is 14.2 Å². The lowest BCUT2D eigenvalue weighted by Gasteiger charge is -2.41. The highest BCUT2D eigenvalue weighted by Crippen LogP contribution is 2.36. The summed E-state index contributed by atoms with van der Waals surface area (Å²) in [5.74, 6) is 1.05. The SMILES string of the molecule is COc1ccc([C@H]2C(=O)N(c3ccccc3C)CC(=O)N2c2ccc(OC)cc2)cc1. The van der Waals surface area contributed by atoms with Gasteiger partial charge in [-0.2, -0.15) is 0 Å². The minimum absolute atomic E-state index is 0.0254. The zero-order valence-electron chi connectivity index (χ0n) is 17.7. The zero-order valence-corrected chi connectivity index (χ0v) is 17.7. The minimum Gasteiger partial charge on any atom is -0.497 e. The molecule has 1 aliphatic rings. The molecule has 0 spiro atoms. The van der Waals surface area contributed by atoms with Gasteiger partial charge in [-0.05, 0) is 60.5 Å². The van der Waals surface area contributed by atoms with Crippen molar-refractivity contribution >= 4 is 23.2 Å². The molecule has 1 heterocycles. The third-order valence-corrected chi connectivity index (χ3v) is 5.51. The van der Waals surface area contributed by atoms with E-state index in [2.05, 4.69) is 0 Å². The molecule has 0 aromatic heterocycles. The first-order valence-corrected chi connectivity index (χ1v) is 10.0. The van der Waals surface area contributed by atoms with Crippen molar-refractivity contribution in [2.24, 2.45) is 0 Å². The normalized spacial score (nSPS) is 16.4. The molecule has 0 bridgehead atoms. The van der Waals surface area contributed by atoms with Crippen molar-refractivity contribution in [3.05, 3.63) is 83.9 Å². The number of carbonyl (C=O) groups is 2.